The van der Waals surface area contributed by atoms with Crippen molar-refractivity contribution in [3.8, 4) is 0 Å². The lowest BCUT2D eigenvalue weighted by molar-refractivity contribution is -0.123. The number of benzene rings is 2. The van der Waals surface area contributed by atoms with Gasteiger partial charge in [0, 0.05) is 0 Å². The van der Waals surface area contributed by atoms with E-state index in [1.54, 1.807) is 30.1 Å². The van der Waals surface area contributed by atoms with Gasteiger partial charge in [-0.3, -0.25) is 14.5 Å². The van der Waals surface area contributed by atoms with Crippen LogP contribution in [0.5, 0.6) is 0 Å². The maximum absolute atomic E-state index is 12.4. The molecule has 28 heavy (non-hydrogen) atoms. The molecular weight excluding hydrogens is 397 g/mol. The number of carbonyl (C=O) groups is 2. The molecule has 0 unspecified atom stereocenters. The zero-order chi connectivity index (χ0) is 20.5. The van der Waals surface area contributed by atoms with E-state index in [1.807, 2.05) is 30.3 Å². The molecule has 0 fully saturated rings. The Morgan fingerprint density at radius 2 is 1.57 bits per heavy atom. The number of para-hydroxylation sites is 1. The highest BCUT2D eigenvalue weighted by atomic mass is 35.5. The molecule has 5 nitrogen and oxygen atoms in total. The highest BCUT2D eigenvalue weighted by molar-refractivity contribution is 6.39. The Bertz CT molecular complexity index is 779. The van der Waals surface area contributed by atoms with Gasteiger partial charge < -0.3 is 10.6 Å². The van der Waals surface area contributed by atoms with E-state index in [-0.39, 0.29) is 30.9 Å². The SMILES string of the molecule is CCC[C@@H](NC(=O)CN(C)CC(=O)Nc1c(Cl)cccc1Cl)c1ccccc1. The van der Waals surface area contributed by atoms with Crippen LogP contribution in [0, 0.1) is 0 Å². The summed E-state index contributed by atoms with van der Waals surface area (Å²) in [6.07, 6.45) is 1.81. The molecule has 0 saturated carbocycles. The largest absolute Gasteiger partial charge is 0.348 e. The Morgan fingerprint density at radius 3 is 2.18 bits per heavy atom. The summed E-state index contributed by atoms with van der Waals surface area (Å²) in [4.78, 5) is 26.3. The van der Waals surface area contributed by atoms with Crippen LogP contribution < -0.4 is 10.6 Å². The molecule has 0 bridgehead atoms. The summed E-state index contributed by atoms with van der Waals surface area (Å²) in [5.74, 6) is -0.424. The van der Waals surface area contributed by atoms with Crippen molar-refractivity contribution in [1.82, 2.24) is 10.2 Å². The summed E-state index contributed by atoms with van der Waals surface area (Å²) in [6, 6.07) is 14.8. The minimum Gasteiger partial charge on any atom is -0.348 e. The lowest BCUT2D eigenvalue weighted by atomic mass is 10.0. The molecule has 2 N–H and O–H groups in total. The Morgan fingerprint density at radius 1 is 0.964 bits per heavy atom. The van der Waals surface area contributed by atoms with Gasteiger partial charge in [0.05, 0.1) is 34.9 Å². The molecule has 7 heteroatoms. The van der Waals surface area contributed by atoms with Crippen molar-refractivity contribution in [3.05, 3.63) is 64.1 Å². The van der Waals surface area contributed by atoms with E-state index in [4.69, 9.17) is 23.2 Å². The van der Waals surface area contributed by atoms with Gasteiger partial charge >= 0.3 is 0 Å². The number of likely N-dealkylation sites (N-methyl/N-ethyl adjacent to an activating group) is 1. The topological polar surface area (TPSA) is 61.4 Å². The maximum atomic E-state index is 12.4. The monoisotopic (exact) mass is 421 g/mol. The van der Waals surface area contributed by atoms with E-state index in [1.165, 1.54) is 0 Å². The summed E-state index contributed by atoms with van der Waals surface area (Å²) in [5, 5.41) is 6.48. The lowest BCUT2D eigenvalue weighted by Crippen LogP contribution is -2.40. The van der Waals surface area contributed by atoms with Crippen LogP contribution in [0.15, 0.2) is 48.5 Å². The molecule has 0 aliphatic rings. The summed E-state index contributed by atoms with van der Waals surface area (Å²) < 4.78 is 0. The molecule has 0 radical (unpaired) electrons. The van der Waals surface area contributed by atoms with Crippen LogP contribution in [-0.4, -0.2) is 36.9 Å². The summed E-state index contributed by atoms with van der Waals surface area (Å²) in [5.41, 5.74) is 1.45. The van der Waals surface area contributed by atoms with Crippen molar-refractivity contribution in [3.63, 3.8) is 0 Å². The van der Waals surface area contributed by atoms with Crippen LogP contribution in [0.4, 0.5) is 5.69 Å². The fourth-order valence-corrected chi connectivity index (χ4v) is 3.37. The smallest absolute Gasteiger partial charge is 0.238 e. The van der Waals surface area contributed by atoms with Crippen molar-refractivity contribution < 1.29 is 9.59 Å². The number of halogens is 2. The Balaban J connectivity index is 1.88. The third-order valence-corrected chi connectivity index (χ3v) is 4.80. The number of amides is 2. The molecule has 0 aromatic heterocycles. The Hall–Kier alpha value is -2.08. The molecular formula is C21H25Cl2N3O2. The number of hydrogen-bond acceptors (Lipinski definition) is 3. The molecule has 0 spiro atoms. The summed E-state index contributed by atoms with van der Waals surface area (Å²) in [7, 11) is 1.71. The van der Waals surface area contributed by atoms with E-state index in [0.29, 0.717) is 15.7 Å². The van der Waals surface area contributed by atoms with Crippen molar-refractivity contribution in [1.29, 1.82) is 0 Å². The minimum absolute atomic E-state index is 0.0390. The predicted molar refractivity (Wildman–Crippen MR) is 115 cm³/mol. The molecule has 0 heterocycles. The number of anilines is 1. The van der Waals surface area contributed by atoms with Gasteiger partial charge in [0.25, 0.3) is 0 Å². The lowest BCUT2D eigenvalue weighted by Gasteiger charge is -2.21. The van der Waals surface area contributed by atoms with Crippen LogP contribution in [0.3, 0.4) is 0 Å². The van der Waals surface area contributed by atoms with Crippen molar-refractivity contribution in [2.75, 3.05) is 25.5 Å². The molecule has 2 aromatic carbocycles. The summed E-state index contributed by atoms with van der Waals surface area (Å²) in [6.45, 7) is 2.23. The van der Waals surface area contributed by atoms with Gasteiger partial charge in [-0.15, -0.1) is 0 Å². The van der Waals surface area contributed by atoms with Crippen LogP contribution in [0.1, 0.15) is 31.4 Å². The number of nitrogens with one attached hydrogen (secondary N) is 2. The first-order valence-electron chi connectivity index (χ1n) is 9.17. The molecule has 0 saturated heterocycles. The van der Waals surface area contributed by atoms with E-state index >= 15 is 0 Å². The van der Waals surface area contributed by atoms with Gasteiger partial charge in [-0.1, -0.05) is 72.9 Å². The molecule has 2 rings (SSSR count). The number of nitrogens with zero attached hydrogens (tertiary/aromatic N) is 1. The van der Waals surface area contributed by atoms with Crippen LogP contribution in [0.25, 0.3) is 0 Å². The van der Waals surface area contributed by atoms with Crippen molar-refractivity contribution in [2.45, 2.75) is 25.8 Å². The van der Waals surface area contributed by atoms with Gasteiger partial charge in [0.2, 0.25) is 11.8 Å². The van der Waals surface area contributed by atoms with Crippen LogP contribution >= 0.6 is 23.2 Å². The average molecular weight is 422 g/mol. The van der Waals surface area contributed by atoms with Gasteiger partial charge in [-0.05, 0) is 31.2 Å². The minimum atomic E-state index is -0.293. The molecule has 0 aliphatic heterocycles. The summed E-state index contributed by atoms with van der Waals surface area (Å²) >= 11 is 12.1. The van der Waals surface area contributed by atoms with Gasteiger partial charge in [-0.2, -0.15) is 0 Å². The fraction of sp³-hybridized carbons (Fsp3) is 0.333. The fourth-order valence-electron chi connectivity index (χ4n) is 2.88. The van der Waals surface area contributed by atoms with Crippen molar-refractivity contribution in [2.24, 2.45) is 0 Å². The quantitative estimate of drug-likeness (QED) is 0.625. The predicted octanol–water partition coefficient (Wildman–Crippen LogP) is 4.52. The molecule has 1 atom stereocenters. The molecule has 2 aromatic rings. The Kier molecular flexibility index (Phi) is 8.77. The third kappa shape index (κ3) is 6.82. The zero-order valence-electron chi connectivity index (χ0n) is 16.0. The third-order valence-electron chi connectivity index (χ3n) is 4.17. The molecule has 150 valence electrons. The second-order valence-corrected chi connectivity index (χ2v) is 7.45. The van der Waals surface area contributed by atoms with E-state index in [0.717, 1.165) is 18.4 Å². The second kappa shape index (κ2) is 11.1. The Labute approximate surface area is 176 Å². The molecule has 0 aliphatic carbocycles. The second-order valence-electron chi connectivity index (χ2n) is 6.64. The van der Waals surface area contributed by atoms with Gasteiger partial charge in [0.1, 0.15) is 0 Å². The van der Waals surface area contributed by atoms with Crippen LogP contribution in [-0.2, 0) is 9.59 Å². The average Bonchev–Trinajstić information content (AvgIpc) is 2.65. The van der Waals surface area contributed by atoms with E-state index < -0.39 is 0 Å². The van der Waals surface area contributed by atoms with Gasteiger partial charge in [0.15, 0.2) is 0 Å². The first-order valence-corrected chi connectivity index (χ1v) is 9.93. The zero-order valence-corrected chi connectivity index (χ0v) is 17.6. The highest BCUT2D eigenvalue weighted by Gasteiger charge is 2.17. The normalized spacial score (nSPS) is 11.9. The van der Waals surface area contributed by atoms with Crippen molar-refractivity contribution >= 4 is 40.7 Å². The van der Waals surface area contributed by atoms with Gasteiger partial charge in [-0.25, -0.2) is 0 Å². The molecule has 2 amide bonds. The first-order chi connectivity index (χ1) is 13.4. The first kappa shape index (κ1) is 22.2. The van der Waals surface area contributed by atoms with E-state index in [2.05, 4.69) is 17.6 Å². The van der Waals surface area contributed by atoms with E-state index in [9.17, 15) is 9.59 Å². The van der Waals surface area contributed by atoms with Crippen LogP contribution in [0.2, 0.25) is 10.0 Å². The highest BCUT2D eigenvalue weighted by Crippen LogP contribution is 2.29. The maximum Gasteiger partial charge on any atom is 0.238 e. The number of rotatable bonds is 9. The number of hydrogen-bond donors (Lipinski definition) is 2. The standard InChI is InChI=1S/C21H25Cl2N3O2/c1-3-8-18(15-9-5-4-6-10-15)24-19(27)13-26(2)14-20(28)25-21-16(22)11-7-12-17(21)23/h4-7,9-12,18H,3,8,13-14H2,1-2H3,(H,24,27)(H,25,28)/t18-/m1/s1. The number of carbonyl (C=O) groups excluding carboxylic acids is 2.